The van der Waals surface area contributed by atoms with Crippen molar-refractivity contribution in [2.75, 3.05) is 24.5 Å². The maximum atomic E-state index is 13.9. The zero-order valence-corrected chi connectivity index (χ0v) is 25.3. The van der Waals surface area contributed by atoms with Crippen molar-refractivity contribution in [1.29, 1.82) is 0 Å². The average Bonchev–Trinajstić information content (AvgIpc) is 3.73. The number of aliphatic hydroxyl groups excluding tert-OH is 1. The molecule has 11 heteroatoms. The van der Waals surface area contributed by atoms with Gasteiger partial charge in [-0.1, -0.05) is 43.3 Å². The summed E-state index contributed by atoms with van der Waals surface area (Å²) in [6.07, 6.45) is 1.91. The molecule has 2 N–H and O–H groups in total. The molecule has 10 nitrogen and oxygen atoms in total. The average molecular weight is 594 g/mol. The lowest BCUT2D eigenvalue weighted by molar-refractivity contribution is -0.141. The van der Waals surface area contributed by atoms with Gasteiger partial charge in [0.2, 0.25) is 11.8 Å². The number of hydrogen-bond donors (Lipinski definition) is 2. The van der Waals surface area contributed by atoms with E-state index >= 15 is 0 Å². The van der Waals surface area contributed by atoms with Gasteiger partial charge in [0.25, 0.3) is 0 Å². The Balaban J connectivity index is 1.27. The minimum absolute atomic E-state index is 0.0670. The lowest BCUT2D eigenvalue weighted by atomic mass is 9.91. The largest absolute Gasteiger partial charge is 0.391 e. The summed E-state index contributed by atoms with van der Waals surface area (Å²) in [7, 11) is 0. The van der Waals surface area contributed by atoms with Crippen LogP contribution in [0.4, 0.5) is 5.82 Å². The highest BCUT2D eigenvalue weighted by Crippen LogP contribution is 2.34. The van der Waals surface area contributed by atoms with Crippen LogP contribution in [0, 0.1) is 18.8 Å². The van der Waals surface area contributed by atoms with Crippen LogP contribution in [0.1, 0.15) is 69.0 Å². The van der Waals surface area contributed by atoms with Crippen molar-refractivity contribution in [3.63, 3.8) is 0 Å². The molecule has 4 atom stereocenters. The number of hydrogen-bond acceptors (Lipinski definition) is 9. The van der Waals surface area contributed by atoms with Crippen LogP contribution in [0.2, 0.25) is 0 Å². The number of aliphatic hydroxyl groups is 1. The number of nitrogens with one attached hydrogen (secondary N) is 1. The molecule has 3 aromatic rings. The Kier molecular flexibility index (Phi) is 9.08. The van der Waals surface area contributed by atoms with E-state index in [-0.39, 0.29) is 42.7 Å². The van der Waals surface area contributed by atoms with Crippen LogP contribution >= 0.6 is 11.3 Å². The Morgan fingerprint density at radius 2 is 1.88 bits per heavy atom. The van der Waals surface area contributed by atoms with E-state index in [2.05, 4.69) is 20.4 Å². The number of β-amino-alcohol motifs (C(OH)–C–C–N with tert-alkyl or cyclic N) is 1. The van der Waals surface area contributed by atoms with E-state index < -0.39 is 18.1 Å². The quantitative estimate of drug-likeness (QED) is 0.355. The third kappa shape index (κ3) is 6.27. The van der Waals surface area contributed by atoms with Gasteiger partial charge in [0, 0.05) is 38.0 Å². The summed E-state index contributed by atoms with van der Waals surface area (Å²) in [6, 6.07) is 8.75. The third-order valence-electron chi connectivity index (χ3n) is 8.45. The molecule has 0 radical (unpaired) electrons. The molecule has 2 aliphatic heterocycles. The number of aryl methyl sites for hydroxylation is 1. The van der Waals surface area contributed by atoms with Gasteiger partial charge < -0.3 is 29.5 Å². The predicted octanol–water partition coefficient (Wildman–Crippen LogP) is 4.10. The Morgan fingerprint density at radius 1 is 1.17 bits per heavy atom. The highest BCUT2D eigenvalue weighted by atomic mass is 32.1. The smallest absolute Gasteiger partial charge is 0.243 e. The summed E-state index contributed by atoms with van der Waals surface area (Å²) >= 11 is 1.59. The number of aldehydes is 1. The van der Waals surface area contributed by atoms with Gasteiger partial charge in [-0.2, -0.15) is 0 Å². The summed E-state index contributed by atoms with van der Waals surface area (Å²) in [5, 5.41) is 17.8. The SMILES string of the molecule is Cc1ncsc1-c1ccc(C(C)NC(=O)[C@@H]2C[C@@H](O)CN2C(=O)C(c2cc(N3CCC(C=O)CC3)no2)C(C)C)cc1. The van der Waals surface area contributed by atoms with E-state index in [0.717, 1.165) is 40.8 Å². The Morgan fingerprint density at radius 3 is 2.50 bits per heavy atom. The fraction of sp³-hybridized carbons (Fsp3) is 0.516. The van der Waals surface area contributed by atoms with E-state index in [1.807, 2.05) is 57.5 Å². The minimum atomic E-state index is -0.792. The zero-order valence-electron chi connectivity index (χ0n) is 24.5. The van der Waals surface area contributed by atoms with Crippen LogP contribution in [0.15, 0.2) is 40.4 Å². The molecular weight excluding hydrogens is 554 g/mol. The number of amides is 2. The van der Waals surface area contributed by atoms with Gasteiger partial charge in [0.15, 0.2) is 11.6 Å². The van der Waals surface area contributed by atoms with Crippen molar-refractivity contribution in [2.24, 2.45) is 11.8 Å². The second kappa shape index (κ2) is 12.7. The van der Waals surface area contributed by atoms with E-state index in [1.165, 1.54) is 4.90 Å². The number of benzene rings is 1. The first-order valence-electron chi connectivity index (χ1n) is 14.6. The van der Waals surface area contributed by atoms with E-state index in [1.54, 1.807) is 17.4 Å². The molecule has 224 valence electrons. The second-order valence-corrected chi connectivity index (χ2v) is 12.6. The summed E-state index contributed by atoms with van der Waals surface area (Å²) in [6.45, 7) is 9.23. The highest BCUT2D eigenvalue weighted by molar-refractivity contribution is 7.13. The molecule has 2 aromatic heterocycles. The standard InChI is InChI=1S/C31H39N5O5S/c1-18(2)28(26-14-27(34-41-26)35-11-9-21(16-37)10-12-35)31(40)36-15-24(38)13-25(36)30(39)33-19(3)22-5-7-23(8-6-22)29-20(4)32-17-42-29/h5-8,14,16-19,21,24-25,28,38H,9-13,15H2,1-4H3,(H,33,39)/t19?,24-,25+,28?/m1/s1. The van der Waals surface area contributed by atoms with Gasteiger partial charge in [-0.3, -0.25) is 9.59 Å². The third-order valence-corrected chi connectivity index (χ3v) is 9.43. The molecule has 2 aliphatic rings. The number of nitrogens with zero attached hydrogens (tertiary/aromatic N) is 4. The van der Waals surface area contributed by atoms with Gasteiger partial charge in [-0.05, 0) is 43.7 Å². The molecule has 0 aliphatic carbocycles. The summed E-state index contributed by atoms with van der Waals surface area (Å²) < 4.78 is 5.69. The molecule has 2 unspecified atom stereocenters. The second-order valence-electron chi connectivity index (χ2n) is 11.8. The van der Waals surface area contributed by atoms with Crippen molar-refractivity contribution in [2.45, 2.75) is 71.1 Å². The van der Waals surface area contributed by atoms with Crippen molar-refractivity contribution in [1.82, 2.24) is 20.4 Å². The summed E-state index contributed by atoms with van der Waals surface area (Å²) in [4.78, 5) is 47.5. The maximum Gasteiger partial charge on any atom is 0.243 e. The molecule has 1 aromatic carbocycles. The summed E-state index contributed by atoms with van der Waals surface area (Å²) in [5.74, 6) is -0.187. The molecule has 2 saturated heterocycles. The molecule has 2 amide bonds. The molecule has 0 bridgehead atoms. The fourth-order valence-corrected chi connectivity index (χ4v) is 6.77. The zero-order chi connectivity index (χ0) is 30.0. The molecule has 5 rings (SSSR count). The van der Waals surface area contributed by atoms with Crippen LogP contribution in [0.25, 0.3) is 10.4 Å². The van der Waals surface area contributed by atoms with Crippen LogP contribution in [0.3, 0.4) is 0 Å². The van der Waals surface area contributed by atoms with Crippen LogP contribution in [-0.2, 0) is 14.4 Å². The van der Waals surface area contributed by atoms with Crippen molar-refractivity contribution in [3.8, 4) is 10.4 Å². The first-order chi connectivity index (χ1) is 20.2. The highest BCUT2D eigenvalue weighted by Gasteiger charge is 2.43. The molecule has 4 heterocycles. The van der Waals surface area contributed by atoms with Gasteiger partial charge in [0.1, 0.15) is 18.2 Å². The predicted molar refractivity (Wildman–Crippen MR) is 160 cm³/mol. The van der Waals surface area contributed by atoms with E-state index in [0.29, 0.717) is 24.7 Å². The Hall–Kier alpha value is -3.57. The van der Waals surface area contributed by atoms with Crippen LogP contribution in [0.5, 0.6) is 0 Å². The number of piperidine rings is 1. The molecule has 42 heavy (non-hydrogen) atoms. The summed E-state index contributed by atoms with van der Waals surface area (Å²) in [5.41, 5.74) is 4.83. The van der Waals surface area contributed by atoms with E-state index in [9.17, 15) is 19.5 Å². The molecule has 0 saturated carbocycles. The number of anilines is 1. The number of aromatic nitrogens is 2. The molecule has 0 spiro atoms. The number of carbonyl (C=O) groups excluding carboxylic acids is 3. The number of carbonyl (C=O) groups is 3. The Bertz CT molecular complexity index is 1390. The van der Waals surface area contributed by atoms with Crippen LogP contribution in [-0.4, -0.2) is 70.0 Å². The normalized spacial score (nSPS) is 21.0. The van der Waals surface area contributed by atoms with Gasteiger partial charge in [-0.15, -0.1) is 11.3 Å². The lowest BCUT2D eigenvalue weighted by Gasteiger charge is -2.30. The van der Waals surface area contributed by atoms with Crippen molar-refractivity contribution in [3.05, 3.63) is 52.9 Å². The monoisotopic (exact) mass is 593 g/mol. The fourth-order valence-electron chi connectivity index (χ4n) is 5.95. The molecule has 2 fully saturated rings. The van der Waals surface area contributed by atoms with E-state index in [4.69, 9.17) is 4.52 Å². The first-order valence-corrected chi connectivity index (χ1v) is 15.5. The minimum Gasteiger partial charge on any atom is -0.391 e. The van der Waals surface area contributed by atoms with Gasteiger partial charge in [0.05, 0.1) is 28.2 Å². The number of rotatable bonds is 9. The number of thiazole rings is 1. The van der Waals surface area contributed by atoms with Gasteiger partial charge in [-0.25, -0.2) is 4.98 Å². The van der Waals surface area contributed by atoms with Gasteiger partial charge >= 0.3 is 0 Å². The van der Waals surface area contributed by atoms with Crippen molar-refractivity contribution < 1.29 is 24.0 Å². The van der Waals surface area contributed by atoms with Crippen molar-refractivity contribution >= 4 is 35.3 Å². The lowest BCUT2D eigenvalue weighted by Crippen LogP contribution is -2.48. The molecular formula is C31H39N5O5S. The maximum absolute atomic E-state index is 13.9. The van der Waals surface area contributed by atoms with Crippen LogP contribution < -0.4 is 10.2 Å². The number of likely N-dealkylation sites (tertiary alicyclic amines) is 1. The topological polar surface area (TPSA) is 129 Å². The Labute approximate surface area is 250 Å². The first kappa shape index (κ1) is 29.9.